The van der Waals surface area contributed by atoms with E-state index in [2.05, 4.69) is 18.7 Å². The number of hydrogen-bond donors (Lipinski definition) is 0. The number of benzene rings is 1. The van der Waals surface area contributed by atoms with Crippen LogP contribution < -0.4 is 0 Å². The molecule has 2 rings (SSSR count). The molecule has 0 aliphatic heterocycles. The van der Waals surface area contributed by atoms with Gasteiger partial charge in [-0.1, -0.05) is 36.4 Å². The summed E-state index contributed by atoms with van der Waals surface area (Å²) in [5.74, 6) is 1.45. The van der Waals surface area contributed by atoms with E-state index in [9.17, 15) is 0 Å². The molecule has 0 bridgehead atoms. The van der Waals surface area contributed by atoms with Crippen LogP contribution in [0.5, 0.6) is 0 Å². The molecule has 0 N–H and O–H groups in total. The maximum absolute atomic E-state index is 5.63. The van der Waals surface area contributed by atoms with Crippen LogP contribution in [-0.2, 0) is 11.3 Å². The van der Waals surface area contributed by atoms with Crippen LogP contribution >= 0.6 is 0 Å². The molecular weight excluding hydrogens is 172 g/mol. The van der Waals surface area contributed by atoms with Crippen molar-refractivity contribution in [2.75, 3.05) is 6.61 Å². The molecule has 1 heteroatoms. The smallest absolute Gasteiger partial charge is 0.0717 e. The largest absolute Gasteiger partial charge is 0.376 e. The van der Waals surface area contributed by atoms with Crippen molar-refractivity contribution in [2.45, 2.75) is 13.0 Å². The van der Waals surface area contributed by atoms with Crippen LogP contribution in [0, 0.1) is 11.8 Å². The van der Waals surface area contributed by atoms with Gasteiger partial charge in [-0.05, 0) is 23.8 Å². The van der Waals surface area contributed by atoms with Crippen molar-refractivity contribution in [1.82, 2.24) is 0 Å². The lowest BCUT2D eigenvalue weighted by Gasteiger charge is -2.02. The second-order valence-electron chi connectivity index (χ2n) is 3.90. The summed E-state index contributed by atoms with van der Waals surface area (Å²) < 4.78 is 5.63. The Bertz CT molecular complexity index is 291. The van der Waals surface area contributed by atoms with Gasteiger partial charge in [-0.25, -0.2) is 0 Å². The van der Waals surface area contributed by atoms with Crippen molar-refractivity contribution >= 4 is 0 Å². The fourth-order valence-electron chi connectivity index (χ4n) is 1.65. The number of allylic oxidation sites excluding steroid dienone is 1. The van der Waals surface area contributed by atoms with E-state index in [0.717, 1.165) is 19.1 Å². The van der Waals surface area contributed by atoms with Gasteiger partial charge in [-0.3, -0.25) is 0 Å². The van der Waals surface area contributed by atoms with Crippen LogP contribution in [-0.4, -0.2) is 6.61 Å². The molecule has 1 saturated carbocycles. The lowest BCUT2D eigenvalue weighted by atomic mass is 10.2. The van der Waals surface area contributed by atoms with E-state index < -0.39 is 0 Å². The Labute approximate surface area is 85.4 Å². The van der Waals surface area contributed by atoms with Crippen molar-refractivity contribution in [3.05, 3.63) is 48.6 Å². The molecule has 0 heterocycles. The van der Waals surface area contributed by atoms with Crippen molar-refractivity contribution in [3.63, 3.8) is 0 Å². The van der Waals surface area contributed by atoms with Crippen LogP contribution in [0.1, 0.15) is 12.0 Å². The Morgan fingerprint density at radius 3 is 2.79 bits per heavy atom. The van der Waals surface area contributed by atoms with Crippen molar-refractivity contribution in [1.29, 1.82) is 0 Å². The fourth-order valence-corrected chi connectivity index (χ4v) is 1.65. The molecule has 0 amide bonds. The Kier molecular flexibility index (Phi) is 3.00. The monoisotopic (exact) mass is 188 g/mol. The van der Waals surface area contributed by atoms with Crippen LogP contribution in [0.3, 0.4) is 0 Å². The number of ether oxygens (including phenoxy) is 1. The lowest BCUT2D eigenvalue weighted by molar-refractivity contribution is 0.109. The predicted molar refractivity (Wildman–Crippen MR) is 57.9 cm³/mol. The van der Waals surface area contributed by atoms with Gasteiger partial charge in [0.1, 0.15) is 0 Å². The molecule has 1 fully saturated rings. The molecular formula is C13H16O. The minimum atomic E-state index is 0.714. The van der Waals surface area contributed by atoms with Gasteiger partial charge >= 0.3 is 0 Å². The van der Waals surface area contributed by atoms with Crippen LogP contribution in [0.25, 0.3) is 0 Å². The zero-order valence-electron chi connectivity index (χ0n) is 8.36. The Hall–Kier alpha value is -1.08. The molecule has 0 spiro atoms. The van der Waals surface area contributed by atoms with Gasteiger partial charge in [0.05, 0.1) is 13.2 Å². The van der Waals surface area contributed by atoms with Gasteiger partial charge in [0.2, 0.25) is 0 Å². The average Bonchev–Trinajstić information content (AvgIpc) is 2.98. The molecule has 14 heavy (non-hydrogen) atoms. The molecule has 1 aliphatic carbocycles. The Morgan fingerprint density at radius 2 is 2.14 bits per heavy atom. The number of hydrogen-bond acceptors (Lipinski definition) is 1. The molecule has 2 atom stereocenters. The zero-order valence-corrected chi connectivity index (χ0v) is 8.36. The lowest BCUT2D eigenvalue weighted by Crippen LogP contribution is -1.97. The van der Waals surface area contributed by atoms with Crippen LogP contribution in [0.2, 0.25) is 0 Å². The van der Waals surface area contributed by atoms with Gasteiger partial charge in [0.25, 0.3) is 0 Å². The zero-order chi connectivity index (χ0) is 9.80. The minimum absolute atomic E-state index is 0.714. The summed E-state index contributed by atoms with van der Waals surface area (Å²) >= 11 is 0. The van der Waals surface area contributed by atoms with Crippen LogP contribution in [0.15, 0.2) is 43.0 Å². The normalized spacial score (nSPS) is 24.6. The highest BCUT2D eigenvalue weighted by Gasteiger charge is 2.33. The summed E-state index contributed by atoms with van der Waals surface area (Å²) in [6.07, 6.45) is 3.30. The highest BCUT2D eigenvalue weighted by molar-refractivity contribution is 5.13. The van der Waals surface area contributed by atoms with Gasteiger partial charge < -0.3 is 4.74 Å². The third-order valence-corrected chi connectivity index (χ3v) is 2.72. The summed E-state index contributed by atoms with van der Waals surface area (Å²) in [6, 6.07) is 10.3. The molecule has 0 saturated heterocycles. The third-order valence-electron chi connectivity index (χ3n) is 2.72. The maximum atomic E-state index is 5.63. The molecule has 1 aliphatic rings. The SMILES string of the molecule is C=C[C@H]1C[C@@H]1COCc1ccccc1. The van der Waals surface area contributed by atoms with Crippen molar-refractivity contribution < 1.29 is 4.74 Å². The van der Waals surface area contributed by atoms with Crippen molar-refractivity contribution in [3.8, 4) is 0 Å². The van der Waals surface area contributed by atoms with E-state index in [-0.39, 0.29) is 0 Å². The van der Waals surface area contributed by atoms with Gasteiger partial charge in [-0.15, -0.1) is 6.58 Å². The summed E-state index contributed by atoms with van der Waals surface area (Å²) in [7, 11) is 0. The highest BCUT2D eigenvalue weighted by atomic mass is 16.5. The van der Waals surface area contributed by atoms with E-state index in [1.807, 2.05) is 24.3 Å². The first-order chi connectivity index (χ1) is 6.90. The molecule has 1 aromatic rings. The second kappa shape index (κ2) is 4.43. The second-order valence-corrected chi connectivity index (χ2v) is 3.90. The predicted octanol–water partition coefficient (Wildman–Crippen LogP) is 3.03. The summed E-state index contributed by atoms with van der Waals surface area (Å²) in [6.45, 7) is 5.40. The standard InChI is InChI=1S/C13H16O/c1-2-12-8-13(12)10-14-9-11-6-4-3-5-7-11/h2-7,12-13H,1,8-10H2/t12-,13+/m0/s1. The molecule has 1 aromatic carbocycles. The fraction of sp³-hybridized carbons (Fsp3) is 0.385. The first-order valence-corrected chi connectivity index (χ1v) is 5.14. The van der Waals surface area contributed by atoms with Gasteiger partial charge in [-0.2, -0.15) is 0 Å². The van der Waals surface area contributed by atoms with E-state index in [1.54, 1.807) is 0 Å². The summed E-state index contributed by atoms with van der Waals surface area (Å²) in [5, 5.41) is 0. The highest BCUT2D eigenvalue weighted by Crippen LogP contribution is 2.39. The summed E-state index contributed by atoms with van der Waals surface area (Å²) in [5.41, 5.74) is 1.25. The Balaban J connectivity index is 1.67. The van der Waals surface area contributed by atoms with E-state index in [1.165, 1.54) is 12.0 Å². The van der Waals surface area contributed by atoms with Crippen molar-refractivity contribution in [2.24, 2.45) is 11.8 Å². The molecule has 0 unspecified atom stereocenters. The number of rotatable bonds is 5. The molecule has 0 radical (unpaired) electrons. The Morgan fingerprint density at radius 1 is 1.36 bits per heavy atom. The van der Waals surface area contributed by atoms with E-state index >= 15 is 0 Å². The van der Waals surface area contributed by atoms with Gasteiger partial charge in [0.15, 0.2) is 0 Å². The minimum Gasteiger partial charge on any atom is -0.376 e. The topological polar surface area (TPSA) is 9.23 Å². The quantitative estimate of drug-likeness (QED) is 0.645. The van der Waals surface area contributed by atoms with E-state index in [0.29, 0.717) is 5.92 Å². The molecule has 1 nitrogen and oxygen atoms in total. The third kappa shape index (κ3) is 2.46. The van der Waals surface area contributed by atoms with Gasteiger partial charge in [0, 0.05) is 0 Å². The molecule has 0 aromatic heterocycles. The first kappa shape index (κ1) is 9.47. The molecule has 74 valence electrons. The maximum Gasteiger partial charge on any atom is 0.0717 e. The summed E-state index contributed by atoms with van der Waals surface area (Å²) in [4.78, 5) is 0. The average molecular weight is 188 g/mol. The first-order valence-electron chi connectivity index (χ1n) is 5.14. The van der Waals surface area contributed by atoms with Crippen LogP contribution in [0.4, 0.5) is 0 Å². The van der Waals surface area contributed by atoms with E-state index in [4.69, 9.17) is 4.74 Å².